The first-order chi connectivity index (χ1) is 7.74. The van der Waals surface area contributed by atoms with Crippen molar-refractivity contribution in [1.82, 2.24) is 0 Å². The molecule has 1 aliphatic rings. The third-order valence-corrected chi connectivity index (χ3v) is 4.12. The summed E-state index contributed by atoms with van der Waals surface area (Å²) in [5, 5.41) is 10.3. The highest BCUT2D eigenvalue weighted by Crippen LogP contribution is 2.28. The summed E-state index contributed by atoms with van der Waals surface area (Å²) in [6.45, 7) is 4.52. The van der Waals surface area contributed by atoms with Gasteiger partial charge >= 0.3 is 0 Å². The first-order valence-electron chi connectivity index (χ1n) is 7.42. The van der Waals surface area contributed by atoms with E-state index in [9.17, 15) is 5.11 Å². The Morgan fingerprint density at radius 3 is 2.19 bits per heavy atom. The van der Waals surface area contributed by atoms with Crippen LogP contribution in [0.25, 0.3) is 0 Å². The van der Waals surface area contributed by atoms with Gasteiger partial charge in [0.1, 0.15) is 0 Å². The maximum Gasteiger partial charge on any atom is 0.0570 e. The molecule has 2 atom stereocenters. The van der Waals surface area contributed by atoms with Crippen LogP contribution in [-0.2, 0) is 0 Å². The van der Waals surface area contributed by atoms with Crippen molar-refractivity contribution in [2.75, 3.05) is 0 Å². The SMILES string of the molecule is CCCC(C)CC(O)C1CCCCCCC1. The molecule has 0 aromatic carbocycles. The van der Waals surface area contributed by atoms with Crippen molar-refractivity contribution in [2.45, 2.75) is 84.2 Å². The zero-order valence-corrected chi connectivity index (χ0v) is 11.3. The summed E-state index contributed by atoms with van der Waals surface area (Å²) in [4.78, 5) is 0. The van der Waals surface area contributed by atoms with Crippen LogP contribution in [0, 0.1) is 11.8 Å². The fourth-order valence-corrected chi connectivity index (χ4v) is 3.09. The summed E-state index contributed by atoms with van der Waals surface area (Å²) in [6.07, 6.45) is 12.9. The van der Waals surface area contributed by atoms with Crippen molar-refractivity contribution in [3.8, 4) is 0 Å². The van der Waals surface area contributed by atoms with Crippen LogP contribution < -0.4 is 0 Å². The van der Waals surface area contributed by atoms with E-state index in [2.05, 4.69) is 13.8 Å². The van der Waals surface area contributed by atoms with Gasteiger partial charge in [0.25, 0.3) is 0 Å². The number of rotatable bonds is 5. The van der Waals surface area contributed by atoms with Gasteiger partial charge in [-0.1, -0.05) is 58.8 Å². The molecule has 0 saturated heterocycles. The highest BCUT2D eigenvalue weighted by atomic mass is 16.3. The number of aliphatic hydroxyl groups excluding tert-OH is 1. The molecule has 1 aliphatic carbocycles. The molecular weight excluding hydrogens is 196 g/mol. The lowest BCUT2D eigenvalue weighted by Crippen LogP contribution is -2.23. The van der Waals surface area contributed by atoms with Gasteiger partial charge in [0.05, 0.1) is 6.10 Å². The van der Waals surface area contributed by atoms with Crippen LogP contribution in [0.5, 0.6) is 0 Å². The van der Waals surface area contributed by atoms with Crippen molar-refractivity contribution in [3.05, 3.63) is 0 Å². The molecule has 1 N–H and O–H groups in total. The second kappa shape index (κ2) is 8.11. The van der Waals surface area contributed by atoms with E-state index in [-0.39, 0.29) is 6.10 Å². The maximum atomic E-state index is 10.3. The van der Waals surface area contributed by atoms with Gasteiger partial charge in [-0.3, -0.25) is 0 Å². The Balaban J connectivity index is 2.29. The number of hydrogen-bond acceptors (Lipinski definition) is 1. The van der Waals surface area contributed by atoms with E-state index in [1.165, 1.54) is 57.8 Å². The normalized spacial score (nSPS) is 23.4. The minimum atomic E-state index is -0.0281. The van der Waals surface area contributed by atoms with Crippen LogP contribution in [0.3, 0.4) is 0 Å². The van der Waals surface area contributed by atoms with E-state index in [1.54, 1.807) is 0 Å². The van der Waals surface area contributed by atoms with Gasteiger partial charge in [0.15, 0.2) is 0 Å². The van der Waals surface area contributed by atoms with Crippen molar-refractivity contribution in [2.24, 2.45) is 11.8 Å². The minimum absolute atomic E-state index is 0.0281. The smallest absolute Gasteiger partial charge is 0.0570 e. The summed E-state index contributed by atoms with van der Waals surface area (Å²) >= 11 is 0. The molecule has 0 heterocycles. The van der Waals surface area contributed by atoms with E-state index in [4.69, 9.17) is 0 Å². The van der Waals surface area contributed by atoms with Crippen molar-refractivity contribution in [1.29, 1.82) is 0 Å². The van der Waals surface area contributed by atoms with Crippen LogP contribution >= 0.6 is 0 Å². The third-order valence-electron chi connectivity index (χ3n) is 4.12. The molecule has 1 nitrogen and oxygen atoms in total. The van der Waals surface area contributed by atoms with Crippen LogP contribution in [0.4, 0.5) is 0 Å². The molecule has 0 aliphatic heterocycles. The molecule has 96 valence electrons. The molecule has 0 bridgehead atoms. The van der Waals surface area contributed by atoms with Gasteiger partial charge < -0.3 is 5.11 Å². The highest BCUT2D eigenvalue weighted by molar-refractivity contribution is 4.73. The van der Waals surface area contributed by atoms with Gasteiger partial charge in [-0.15, -0.1) is 0 Å². The lowest BCUT2D eigenvalue weighted by molar-refractivity contribution is 0.0686. The average molecular weight is 226 g/mol. The summed E-state index contributed by atoms with van der Waals surface area (Å²) in [6, 6.07) is 0. The summed E-state index contributed by atoms with van der Waals surface area (Å²) in [5.74, 6) is 1.30. The van der Waals surface area contributed by atoms with E-state index < -0.39 is 0 Å². The standard InChI is InChI=1S/C15H30O/c1-3-9-13(2)12-15(16)14-10-7-5-4-6-8-11-14/h13-16H,3-12H2,1-2H3. The van der Waals surface area contributed by atoms with Gasteiger partial charge in [-0.05, 0) is 31.1 Å². The maximum absolute atomic E-state index is 10.3. The van der Waals surface area contributed by atoms with Crippen molar-refractivity contribution >= 4 is 0 Å². The molecule has 1 rings (SSSR count). The molecule has 0 amide bonds. The van der Waals surface area contributed by atoms with Gasteiger partial charge in [0, 0.05) is 0 Å². The van der Waals surface area contributed by atoms with Gasteiger partial charge in [-0.25, -0.2) is 0 Å². The summed E-state index contributed by atoms with van der Waals surface area (Å²) in [7, 11) is 0. The number of hydrogen-bond donors (Lipinski definition) is 1. The zero-order chi connectivity index (χ0) is 11.8. The Labute approximate surface area is 102 Å². The Kier molecular flexibility index (Phi) is 7.11. The first kappa shape index (κ1) is 14.0. The average Bonchev–Trinajstić information content (AvgIpc) is 2.16. The quantitative estimate of drug-likeness (QED) is 0.730. The number of aliphatic hydroxyl groups is 1. The molecular formula is C15H30O. The zero-order valence-electron chi connectivity index (χ0n) is 11.3. The Morgan fingerprint density at radius 2 is 1.62 bits per heavy atom. The van der Waals surface area contributed by atoms with Crippen LogP contribution in [0.15, 0.2) is 0 Å². The van der Waals surface area contributed by atoms with Crippen LogP contribution in [0.2, 0.25) is 0 Å². The predicted molar refractivity (Wildman–Crippen MR) is 70.5 cm³/mol. The van der Waals surface area contributed by atoms with E-state index in [0.29, 0.717) is 11.8 Å². The van der Waals surface area contributed by atoms with Gasteiger partial charge in [0.2, 0.25) is 0 Å². The molecule has 2 unspecified atom stereocenters. The van der Waals surface area contributed by atoms with Crippen LogP contribution in [0.1, 0.15) is 78.1 Å². The van der Waals surface area contributed by atoms with E-state index in [1.807, 2.05) is 0 Å². The minimum Gasteiger partial charge on any atom is -0.393 e. The Morgan fingerprint density at radius 1 is 1.06 bits per heavy atom. The lowest BCUT2D eigenvalue weighted by Gasteiger charge is -2.26. The molecule has 1 heteroatoms. The lowest BCUT2D eigenvalue weighted by atomic mass is 9.83. The fraction of sp³-hybridized carbons (Fsp3) is 1.00. The monoisotopic (exact) mass is 226 g/mol. The second-order valence-corrected chi connectivity index (χ2v) is 5.80. The summed E-state index contributed by atoms with van der Waals surface area (Å²) < 4.78 is 0. The fourth-order valence-electron chi connectivity index (χ4n) is 3.09. The molecule has 16 heavy (non-hydrogen) atoms. The van der Waals surface area contributed by atoms with E-state index in [0.717, 1.165) is 6.42 Å². The first-order valence-corrected chi connectivity index (χ1v) is 7.42. The largest absolute Gasteiger partial charge is 0.393 e. The molecule has 0 aromatic rings. The molecule has 0 radical (unpaired) electrons. The van der Waals surface area contributed by atoms with E-state index >= 15 is 0 Å². The predicted octanol–water partition coefficient (Wildman–Crippen LogP) is 4.53. The third kappa shape index (κ3) is 5.34. The van der Waals surface area contributed by atoms with Gasteiger partial charge in [-0.2, -0.15) is 0 Å². The molecule has 1 saturated carbocycles. The Bertz CT molecular complexity index is 159. The van der Waals surface area contributed by atoms with Crippen molar-refractivity contribution < 1.29 is 5.11 Å². The topological polar surface area (TPSA) is 20.2 Å². The van der Waals surface area contributed by atoms with Crippen LogP contribution in [-0.4, -0.2) is 11.2 Å². The molecule has 0 spiro atoms. The Hall–Kier alpha value is -0.0400. The second-order valence-electron chi connectivity index (χ2n) is 5.80. The van der Waals surface area contributed by atoms with Crippen molar-refractivity contribution in [3.63, 3.8) is 0 Å². The molecule has 1 fully saturated rings. The summed E-state index contributed by atoms with van der Waals surface area (Å²) in [5.41, 5.74) is 0. The molecule has 0 aromatic heterocycles. The highest BCUT2D eigenvalue weighted by Gasteiger charge is 2.21.